The summed E-state index contributed by atoms with van der Waals surface area (Å²) >= 11 is 3.32. The molecule has 3 aromatic rings. The Morgan fingerprint density at radius 2 is 2.08 bits per heavy atom. The summed E-state index contributed by atoms with van der Waals surface area (Å²) in [7, 11) is 0. The average Bonchev–Trinajstić information content (AvgIpc) is 3.15. The van der Waals surface area contributed by atoms with Crippen molar-refractivity contribution in [1.29, 1.82) is 0 Å². The number of amides is 1. The lowest BCUT2D eigenvalue weighted by molar-refractivity contribution is 0.0954. The lowest BCUT2D eigenvalue weighted by Gasteiger charge is -2.06. The highest BCUT2D eigenvalue weighted by Crippen LogP contribution is 2.22. The Bertz CT molecular complexity index is 759. The van der Waals surface area contributed by atoms with Crippen LogP contribution in [0.3, 0.4) is 0 Å². The number of nitrogens with one attached hydrogen (secondary N) is 1. The van der Waals surface area contributed by atoms with Gasteiger partial charge in [0.15, 0.2) is 0 Å². The molecule has 0 aliphatic rings. The number of hydrogen-bond donors (Lipinski definition) is 1. The number of carbonyl (C=O) groups is 1. The van der Waals surface area contributed by atoms with Gasteiger partial charge in [0.1, 0.15) is 0 Å². The first kappa shape index (κ1) is 16.7. The Morgan fingerprint density at radius 3 is 2.79 bits per heavy atom. The highest BCUT2D eigenvalue weighted by molar-refractivity contribution is 7.98. The number of rotatable bonds is 7. The smallest absolute Gasteiger partial charge is 0.251 e. The van der Waals surface area contributed by atoms with E-state index in [1.54, 1.807) is 29.3 Å². The van der Waals surface area contributed by atoms with Crippen molar-refractivity contribution < 1.29 is 4.79 Å². The largest absolute Gasteiger partial charge is 0.352 e. The normalized spacial score (nSPS) is 10.5. The number of nitrogens with zero attached hydrogens (tertiary/aromatic N) is 2. The Hall–Kier alpha value is -2.18. The Labute approximate surface area is 149 Å². The Balaban J connectivity index is 1.46. The van der Waals surface area contributed by atoms with E-state index in [-0.39, 0.29) is 5.91 Å². The molecular weight excluding hydrogens is 338 g/mol. The van der Waals surface area contributed by atoms with Gasteiger partial charge in [-0.2, -0.15) is 0 Å². The van der Waals surface area contributed by atoms with Gasteiger partial charge in [-0.1, -0.05) is 6.07 Å². The number of benzene rings is 1. The van der Waals surface area contributed by atoms with Crippen LogP contribution in [0.25, 0.3) is 0 Å². The number of carbonyl (C=O) groups excluding carboxylic acids is 1. The van der Waals surface area contributed by atoms with E-state index in [9.17, 15) is 4.79 Å². The van der Waals surface area contributed by atoms with Crippen LogP contribution < -0.4 is 5.32 Å². The summed E-state index contributed by atoms with van der Waals surface area (Å²) < 4.78 is 0. The Kier molecular flexibility index (Phi) is 5.98. The van der Waals surface area contributed by atoms with Gasteiger partial charge in [0.05, 0.1) is 11.2 Å². The van der Waals surface area contributed by atoms with Crippen LogP contribution in [0.2, 0.25) is 0 Å². The minimum absolute atomic E-state index is 0.0464. The third-order valence-corrected chi connectivity index (χ3v) is 5.09. The number of aromatic nitrogens is 2. The molecule has 122 valence electrons. The van der Waals surface area contributed by atoms with Crippen LogP contribution in [-0.4, -0.2) is 22.4 Å². The van der Waals surface area contributed by atoms with Crippen LogP contribution in [0, 0.1) is 0 Å². The van der Waals surface area contributed by atoms with Crippen molar-refractivity contribution in [3.8, 4) is 0 Å². The molecule has 0 bridgehead atoms. The summed E-state index contributed by atoms with van der Waals surface area (Å²) in [6.45, 7) is 0.602. The van der Waals surface area contributed by atoms with Crippen LogP contribution in [-0.2, 0) is 12.2 Å². The lowest BCUT2D eigenvalue weighted by atomic mass is 10.2. The third-order valence-electron chi connectivity index (χ3n) is 3.41. The molecular formula is C18H17N3OS2. The molecule has 0 spiro atoms. The minimum atomic E-state index is -0.0464. The van der Waals surface area contributed by atoms with E-state index in [1.807, 2.05) is 48.1 Å². The predicted molar refractivity (Wildman–Crippen MR) is 98.4 cm³/mol. The van der Waals surface area contributed by atoms with Crippen molar-refractivity contribution >= 4 is 29.0 Å². The standard InChI is InChI=1S/C18H17N3OS2/c22-18(20-9-7-14-2-1-8-19-10-14)15-3-5-17(6-4-15)24-12-16-11-23-13-21-16/h1-6,8,10-11,13H,7,9,12H2,(H,20,22). The summed E-state index contributed by atoms with van der Waals surface area (Å²) in [4.78, 5) is 21.6. The molecule has 0 radical (unpaired) electrons. The molecule has 1 aromatic carbocycles. The van der Waals surface area contributed by atoms with Crippen LogP contribution in [0.15, 0.2) is 64.6 Å². The second-order valence-electron chi connectivity index (χ2n) is 5.16. The summed E-state index contributed by atoms with van der Waals surface area (Å²) in [6.07, 6.45) is 4.34. The van der Waals surface area contributed by atoms with Gasteiger partial charge in [-0.05, 0) is 42.3 Å². The maximum absolute atomic E-state index is 12.1. The van der Waals surface area contributed by atoms with Gasteiger partial charge in [-0.3, -0.25) is 9.78 Å². The first-order valence-electron chi connectivity index (χ1n) is 7.58. The van der Waals surface area contributed by atoms with E-state index in [0.717, 1.165) is 28.3 Å². The second kappa shape index (κ2) is 8.61. The van der Waals surface area contributed by atoms with Crippen LogP contribution in [0.4, 0.5) is 0 Å². The summed E-state index contributed by atoms with van der Waals surface area (Å²) in [5.74, 6) is 0.801. The maximum Gasteiger partial charge on any atom is 0.251 e. The minimum Gasteiger partial charge on any atom is -0.352 e. The molecule has 6 heteroatoms. The maximum atomic E-state index is 12.1. The van der Waals surface area contributed by atoms with E-state index in [0.29, 0.717) is 12.1 Å². The summed E-state index contributed by atoms with van der Waals surface area (Å²) in [5.41, 5.74) is 4.72. The molecule has 3 rings (SSSR count). The number of thioether (sulfide) groups is 1. The van der Waals surface area contributed by atoms with Crippen LogP contribution in [0.5, 0.6) is 0 Å². The number of hydrogen-bond acceptors (Lipinski definition) is 5. The topological polar surface area (TPSA) is 54.9 Å². The fourth-order valence-corrected chi connectivity index (χ4v) is 3.60. The highest BCUT2D eigenvalue weighted by Gasteiger charge is 2.05. The van der Waals surface area contributed by atoms with E-state index in [2.05, 4.69) is 20.7 Å². The number of thiazole rings is 1. The number of pyridine rings is 1. The Morgan fingerprint density at radius 1 is 1.21 bits per heavy atom. The molecule has 2 aromatic heterocycles. The van der Waals surface area contributed by atoms with Crippen LogP contribution >= 0.6 is 23.1 Å². The molecule has 0 aliphatic carbocycles. The monoisotopic (exact) mass is 355 g/mol. The molecule has 4 nitrogen and oxygen atoms in total. The van der Waals surface area contributed by atoms with Crippen molar-refractivity contribution in [2.24, 2.45) is 0 Å². The fourth-order valence-electron chi connectivity index (χ4n) is 2.14. The van der Waals surface area contributed by atoms with Gasteiger partial charge in [-0.25, -0.2) is 4.98 Å². The van der Waals surface area contributed by atoms with Crippen molar-refractivity contribution in [3.63, 3.8) is 0 Å². The van der Waals surface area contributed by atoms with Crippen molar-refractivity contribution in [2.45, 2.75) is 17.1 Å². The highest BCUT2D eigenvalue weighted by atomic mass is 32.2. The molecule has 1 amide bonds. The first-order valence-corrected chi connectivity index (χ1v) is 9.51. The van der Waals surface area contributed by atoms with Crippen LogP contribution in [0.1, 0.15) is 21.6 Å². The zero-order valence-corrected chi connectivity index (χ0v) is 14.6. The van der Waals surface area contributed by atoms with Gasteiger partial charge in [0.2, 0.25) is 0 Å². The predicted octanol–water partition coefficient (Wildman–Crippen LogP) is 3.80. The average molecular weight is 355 g/mol. The SMILES string of the molecule is O=C(NCCc1cccnc1)c1ccc(SCc2cscn2)cc1. The first-order chi connectivity index (χ1) is 11.8. The molecule has 1 N–H and O–H groups in total. The van der Waals surface area contributed by atoms with Gasteiger partial charge in [0, 0.05) is 40.5 Å². The lowest BCUT2D eigenvalue weighted by Crippen LogP contribution is -2.25. The van der Waals surface area contributed by atoms with E-state index in [4.69, 9.17) is 0 Å². The van der Waals surface area contributed by atoms with Gasteiger partial charge < -0.3 is 5.32 Å². The van der Waals surface area contributed by atoms with Crippen molar-refractivity contribution in [1.82, 2.24) is 15.3 Å². The van der Waals surface area contributed by atoms with Crippen molar-refractivity contribution in [3.05, 3.63) is 76.5 Å². The zero-order chi connectivity index (χ0) is 16.6. The molecule has 2 heterocycles. The molecule has 0 saturated carbocycles. The summed E-state index contributed by atoms with van der Waals surface area (Å²) in [6, 6.07) is 11.6. The van der Waals surface area contributed by atoms with Gasteiger partial charge >= 0.3 is 0 Å². The molecule has 0 unspecified atom stereocenters. The third kappa shape index (κ3) is 4.91. The summed E-state index contributed by atoms with van der Waals surface area (Å²) in [5, 5.41) is 4.99. The van der Waals surface area contributed by atoms with Gasteiger partial charge in [0.25, 0.3) is 5.91 Å². The van der Waals surface area contributed by atoms with E-state index < -0.39 is 0 Å². The van der Waals surface area contributed by atoms with Gasteiger partial charge in [-0.15, -0.1) is 23.1 Å². The molecule has 0 saturated heterocycles. The molecule has 0 fully saturated rings. The zero-order valence-electron chi connectivity index (χ0n) is 13.0. The van der Waals surface area contributed by atoms with E-state index in [1.165, 1.54) is 0 Å². The quantitative estimate of drug-likeness (QED) is 0.655. The second-order valence-corrected chi connectivity index (χ2v) is 6.93. The molecule has 0 atom stereocenters. The fraction of sp³-hybridized carbons (Fsp3) is 0.167. The van der Waals surface area contributed by atoms with Crippen molar-refractivity contribution in [2.75, 3.05) is 6.54 Å². The molecule has 24 heavy (non-hydrogen) atoms. The molecule has 0 aliphatic heterocycles. The van der Waals surface area contributed by atoms with E-state index >= 15 is 0 Å².